The number of non-ortho nitro benzene ring substituents is 1. The Bertz CT molecular complexity index is 1040. The number of hydrogen-bond donors (Lipinski definition) is 1. The number of carbonyl (C=O) groups excluding carboxylic acids is 2. The predicted octanol–water partition coefficient (Wildman–Crippen LogP) is 4.87. The van der Waals surface area contributed by atoms with E-state index in [1.54, 1.807) is 42.5 Å². The largest absolute Gasteiger partial charge is 0.326 e. The summed E-state index contributed by atoms with van der Waals surface area (Å²) in [7, 11) is 0. The van der Waals surface area contributed by atoms with E-state index in [9.17, 15) is 19.7 Å². The lowest BCUT2D eigenvalue weighted by Crippen LogP contribution is -2.29. The summed E-state index contributed by atoms with van der Waals surface area (Å²) in [6, 6.07) is 12.8. The van der Waals surface area contributed by atoms with Gasteiger partial charge in [0.25, 0.3) is 11.6 Å². The fourth-order valence-electron chi connectivity index (χ4n) is 2.73. The van der Waals surface area contributed by atoms with Gasteiger partial charge in [0.05, 0.1) is 9.83 Å². The molecule has 1 fully saturated rings. The van der Waals surface area contributed by atoms with Crippen LogP contribution in [0.1, 0.15) is 18.4 Å². The Kier molecular flexibility index (Phi) is 7.20. The molecule has 1 N–H and O–H groups in total. The Morgan fingerprint density at radius 3 is 2.70 bits per heavy atom. The number of carbonyl (C=O) groups is 2. The van der Waals surface area contributed by atoms with Gasteiger partial charge in [0.15, 0.2) is 0 Å². The minimum Gasteiger partial charge on any atom is -0.326 e. The summed E-state index contributed by atoms with van der Waals surface area (Å²) < 4.78 is 0.398. The molecule has 0 atom stereocenters. The molecule has 0 bridgehead atoms. The molecule has 0 aliphatic carbocycles. The van der Waals surface area contributed by atoms with E-state index in [4.69, 9.17) is 23.8 Å². The molecule has 2 aromatic rings. The average Bonchev–Trinajstić information content (AvgIpc) is 2.97. The molecule has 3 rings (SSSR count). The third-order valence-corrected chi connectivity index (χ3v) is 5.80. The molecule has 0 spiro atoms. The first kappa shape index (κ1) is 21.9. The molecule has 1 aliphatic rings. The van der Waals surface area contributed by atoms with Crippen LogP contribution in [0.3, 0.4) is 0 Å². The Labute approximate surface area is 187 Å². The van der Waals surface area contributed by atoms with E-state index < -0.39 is 4.92 Å². The highest BCUT2D eigenvalue weighted by molar-refractivity contribution is 8.26. The van der Waals surface area contributed by atoms with Crippen molar-refractivity contribution in [2.75, 3.05) is 11.9 Å². The van der Waals surface area contributed by atoms with Crippen LogP contribution in [-0.2, 0) is 9.59 Å². The van der Waals surface area contributed by atoms with Crippen LogP contribution in [0.4, 0.5) is 11.4 Å². The molecular weight excluding hydrogens is 446 g/mol. The summed E-state index contributed by atoms with van der Waals surface area (Å²) in [6.45, 7) is 0.310. The van der Waals surface area contributed by atoms with Gasteiger partial charge in [-0.3, -0.25) is 24.6 Å². The minimum absolute atomic E-state index is 0.0501. The molecule has 0 aromatic heterocycles. The van der Waals surface area contributed by atoms with Gasteiger partial charge in [0.2, 0.25) is 5.91 Å². The normalized spacial score (nSPS) is 15.0. The molecule has 0 saturated carbocycles. The van der Waals surface area contributed by atoms with E-state index in [1.807, 2.05) is 0 Å². The van der Waals surface area contributed by atoms with Crippen LogP contribution < -0.4 is 5.32 Å². The number of nitrogens with one attached hydrogen (secondary N) is 1. The van der Waals surface area contributed by atoms with Crippen LogP contribution in [-0.4, -0.2) is 32.5 Å². The van der Waals surface area contributed by atoms with Gasteiger partial charge in [-0.2, -0.15) is 0 Å². The number of benzene rings is 2. The second-order valence-electron chi connectivity index (χ2n) is 6.34. The van der Waals surface area contributed by atoms with Crippen LogP contribution in [0, 0.1) is 10.1 Å². The van der Waals surface area contributed by atoms with Crippen molar-refractivity contribution in [1.82, 2.24) is 4.90 Å². The number of hydrogen-bond acceptors (Lipinski definition) is 6. The van der Waals surface area contributed by atoms with Crippen molar-refractivity contribution < 1.29 is 14.5 Å². The lowest BCUT2D eigenvalue weighted by atomic mass is 10.2. The lowest BCUT2D eigenvalue weighted by molar-refractivity contribution is -0.384. The number of rotatable bonds is 7. The summed E-state index contributed by atoms with van der Waals surface area (Å²) in [5.41, 5.74) is 1.15. The second-order valence-corrected chi connectivity index (χ2v) is 8.46. The number of anilines is 1. The molecule has 30 heavy (non-hydrogen) atoms. The van der Waals surface area contributed by atoms with Crippen molar-refractivity contribution in [2.24, 2.45) is 0 Å². The maximum absolute atomic E-state index is 12.6. The molecule has 1 saturated heterocycles. The van der Waals surface area contributed by atoms with E-state index in [2.05, 4.69) is 5.32 Å². The third kappa shape index (κ3) is 5.65. The van der Waals surface area contributed by atoms with Gasteiger partial charge in [-0.1, -0.05) is 47.7 Å². The number of halogens is 1. The van der Waals surface area contributed by atoms with Crippen LogP contribution in [0.15, 0.2) is 53.4 Å². The summed E-state index contributed by atoms with van der Waals surface area (Å²) in [4.78, 5) is 37.0. The highest BCUT2D eigenvalue weighted by atomic mass is 35.5. The van der Waals surface area contributed by atoms with Crippen molar-refractivity contribution in [3.63, 3.8) is 0 Å². The van der Waals surface area contributed by atoms with Crippen molar-refractivity contribution in [3.05, 3.63) is 74.1 Å². The Morgan fingerprint density at radius 2 is 2.00 bits per heavy atom. The third-order valence-electron chi connectivity index (χ3n) is 4.17. The molecule has 1 heterocycles. The maximum Gasteiger partial charge on any atom is 0.270 e. The highest BCUT2D eigenvalue weighted by Gasteiger charge is 2.31. The first-order chi connectivity index (χ1) is 14.3. The van der Waals surface area contributed by atoms with Crippen LogP contribution in [0.25, 0.3) is 6.08 Å². The minimum atomic E-state index is -0.488. The Morgan fingerprint density at radius 1 is 1.27 bits per heavy atom. The molecule has 10 heteroatoms. The monoisotopic (exact) mass is 461 g/mol. The van der Waals surface area contributed by atoms with Crippen molar-refractivity contribution in [3.8, 4) is 0 Å². The van der Waals surface area contributed by atoms with Gasteiger partial charge < -0.3 is 5.32 Å². The Hall–Kier alpha value is -2.75. The molecular formula is C20H16ClN3O4S2. The fraction of sp³-hybridized carbons (Fsp3) is 0.150. The fourth-order valence-corrected chi connectivity index (χ4v) is 4.16. The zero-order valence-corrected chi connectivity index (χ0v) is 17.9. The van der Waals surface area contributed by atoms with Gasteiger partial charge in [-0.25, -0.2) is 0 Å². The SMILES string of the molecule is O=C(CCCN1C(=O)/C(=C/c2cccc([N+](=O)[O-])c2)SC1=S)Nc1ccc(Cl)cc1. The van der Waals surface area contributed by atoms with E-state index in [0.29, 0.717) is 38.5 Å². The maximum atomic E-state index is 12.6. The quantitative estimate of drug-likeness (QED) is 0.274. The predicted molar refractivity (Wildman–Crippen MR) is 122 cm³/mol. The van der Waals surface area contributed by atoms with E-state index >= 15 is 0 Å². The molecule has 0 radical (unpaired) electrons. The van der Waals surface area contributed by atoms with Crippen LogP contribution in [0.5, 0.6) is 0 Å². The van der Waals surface area contributed by atoms with Crippen molar-refractivity contribution in [2.45, 2.75) is 12.8 Å². The van der Waals surface area contributed by atoms with Gasteiger partial charge in [0.1, 0.15) is 4.32 Å². The molecule has 1 aliphatic heterocycles. The number of nitro groups is 1. The van der Waals surface area contributed by atoms with E-state index in [1.165, 1.54) is 17.0 Å². The van der Waals surface area contributed by atoms with Crippen molar-refractivity contribution >= 4 is 69.2 Å². The molecule has 7 nitrogen and oxygen atoms in total. The number of amides is 2. The van der Waals surface area contributed by atoms with Gasteiger partial charge in [-0.15, -0.1) is 0 Å². The number of thiocarbonyl (C=S) groups is 1. The smallest absolute Gasteiger partial charge is 0.270 e. The van der Waals surface area contributed by atoms with Gasteiger partial charge in [-0.05, 0) is 42.3 Å². The van der Waals surface area contributed by atoms with Crippen LogP contribution >= 0.6 is 35.6 Å². The lowest BCUT2D eigenvalue weighted by Gasteiger charge is -2.14. The summed E-state index contributed by atoms with van der Waals surface area (Å²) in [5.74, 6) is -0.440. The first-order valence-electron chi connectivity index (χ1n) is 8.89. The standard InChI is InChI=1S/C20H16ClN3O4S2/c21-14-6-8-15(9-7-14)22-18(25)5-2-10-23-19(26)17(30-20(23)29)12-13-3-1-4-16(11-13)24(27)28/h1,3-4,6-9,11-12H,2,5,10H2,(H,22,25)/b17-12-. The van der Waals surface area contributed by atoms with Crippen LogP contribution in [0.2, 0.25) is 5.02 Å². The number of nitrogens with zero attached hydrogens (tertiary/aromatic N) is 2. The zero-order valence-electron chi connectivity index (χ0n) is 15.5. The zero-order chi connectivity index (χ0) is 21.7. The van der Waals surface area contributed by atoms with E-state index in [0.717, 1.165) is 11.8 Å². The summed E-state index contributed by atoms with van der Waals surface area (Å²) in [6.07, 6.45) is 2.25. The van der Waals surface area contributed by atoms with Gasteiger partial charge >= 0.3 is 0 Å². The first-order valence-corrected chi connectivity index (χ1v) is 10.5. The average molecular weight is 462 g/mol. The molecule has 0 unspecified atom stereocenters. The number of nitro benzene ring substituents is 1. The Balaban J connectivity index is 1.56. The van der Waals surface area contributed by atoms with E-state index in [-0.39, 0.29) is 23.9 Å². The molecule has 2 amide bonds. The summed E-state index contributed by atoms with van der Waals surface area (Å²) in [5, 5.41) is 14.3. The highest BCUT2D eigenvalue weighted by Crippen LogP contribution is 2.33. The summed E-state index contributed by atoms with van der Waals surface area (Å²) >= 11 is 12.2. The molecule has 154 valence electrons. The second kappa shape index (κ2) is 9.84. The van der Waals surface area contributed by atoms with Crippen molar-refractivity contribution in [1.29, 1.82) is 0 Å². The van der Waals surface area contributed by atoms with Gasteiger partial charge in [0, 0.05) is 35.8 Å². The molecule has 2 aromatic carbocycles. The number of thioether (sulfide) groups is 1. The topological polar surface area (TPSA) is 92.5 Å².